The van der Waals surface area contributed by atoms with Gasteiger partial charge in [0, 0.05) is 12.1 Å². The van der Waals surface area contributed by atoms with Crippen molar-refractivity contribution in [3.05, 3.63) is 29.8 Å². The molecule has 0 spiro atoms. The topological polar surface area (TPSA) is 92.7 Å². The molecule has 6 nitrogen and oxygen atoms in total. The molecule has 0 bridgehead atoms. The molecular formula is C17H21NO5. The number of hydrogen-bond donors (Lipinski definition) is 2. The number of rotatable bonds is 6. The number of hydrogen-bond acceptors (Lipinski definition) is 4. The van der Waals surface area contributed by atoms with E-state index >= 15 is 0 Å². The largest absolute Gasteiger partial charge is 0.481 e. The van der Waals surface area contributed by atoms with Crippen LogP contribution in [0.4, 0.5) is 5.69 Å². The Hall–Kier alpha value is -2.37. The van der Waals surface area contributed by atoms with Gasteiger partial charge in [-0.15, -0.1) is 0 Å². The summed E-state index contributed by atoms with van der Waals surface area (Å²) < 4.78 is 4.65. The molecule has 1 aliphatic rings. The van der Waals surface area contributed by atoms with Crippen LogP contribution in [0.1, 0.15) is 48.9 Å². The van der Waals surface area contributed by atoms with E-state index in [0.717, 1.165) is 25.7 Å². The quantitative estimate of drug-likeness (QED) is 0.787. The lowest BCUT2D eigenvalue weighted by atomic mass is 9.79. The molecule has 0 unspecified atom stereocenters. The van der Waals surface area contributed by atoms with Crippen molar-refractivity contribution in [2.24, 2.45) is 5.41 Å². The number of carbonyl (C=O) groups is 3. The molecule has 6 heteroatoms. The Bertz CT molecular complexity index is 605. The van der Waals surface area contributed by atoms with Gasteiger partial charge in [-0.2, -0.15) is 0 Å². The minimum atomic E-state index is -0.868. The smallest absolute Gasteiger partial charge is 0.337 e. The highest BCUT2D eigenvalue weighted by Crippen LogP contribution is 2.44. The molecule has 2 rings (SSSR count). The zero-order valence-corrected chi connectivity index (χ0v) is 13.1. The van der Waals surface area contributed by atoms with Crippen LogP contribution >= 0.6 is 0 Å². The molecule has 1 amide bonds. The normalized spacial score (nSPS) is 15.9. The van der Waals surface area contributed by atoms with Gasteiger partial charge in [0.05, 0.1) is 19.1 Å². The molecule has 1 fully saturated rings. The van der Waals surface area contributed by atoms with Crippen molar-refractivity contribution < 1.29 is 24.2 Å². The van der Waals surface area contributed by atoms with E-state index in [0.29, 0.717) is 11.3 Å². The molecule has 0 aromatic heterocycles. The molecule has 23 heavy (non-hydrogen) atoms. The van der Waals surface area contributed by atoms with Crippen molar-refractivity contribution in [1.29, 1.82) is 0 Å². The van der Waals surface area contributed by atoms with Crippen LogP contribution in [0.15, 0.2) is 24.3 Å². The highest BCUT2D eigenvalue weighted by Gasteiger charge is 2.37. The summed E-state index contributed by atoms with van der Waals surface area (Å²) in [4.78, 5) is 34.9. The van der Waals surface area contributed by atoms with E-state index in [-0.39, 0.29) is 18.7 Å². The van der Waals surface area contributed by atoms with Crippen LogP contribution < -0.4 is 5.32 Å². The number of methoxy groups -OCH3 is 1. The van der Waals surface area contributed by atoms with Crippen molar-refractivity contribution in [1.82, 2.24) is 0 Å². The van der Waals surface area contributed by atoms with Gasteiger partial charge in [0.1, 0.15) is 0 Å². The van der Waals surface area contributed by atoms with E-state index in [1.54, 1.807) is 24.3 Å². The Labute approximate surface area is 134 Å². The first-order valence-electron chi connectivity index (χ1n) is 7.64. The number of aliphatic carboxylic acids is 1. The van der Waals surface area contributed by atoms with E-state index in [4.69, 9.17) is 5.11 Å². The van der Waals surface area contributed by atoms with Crippen molar-refractivity contribution in [2.75, 3.05) is 12.4 Å². The lowest BCUT2D eigenvalue weighted by Crippen LogP contribution is -2.27. The van der Waals surface area contributed by atoms with Crippen LogP contribution in [0, 0.1) is 5.41 Å². The second-order valence-corrected chi connectivity index (χ2v) is 6.07. The molecule has 2 N–H and O–H groups in total. The van der Waals surface area contributed by atoms with Gasteiger partial charge in [-0.25, -0.2) is 4.79 Å². The fraction of sp³-hybridized carbons (Fsp3) is 0.471. The van der Waals surface area contributed by atoms with E-state index in [1.165, 1.54) is 7.11 Å². The summed E-state index contributed by atoms with van der Waals surface area (Å²) in [5.41, 5.74) is 0.406. The summed E-state index contributed by atoms with van der Waals surface area (Å²) in [5.74, 6) is -1.57. The SMILES string of the molecule is COC(=O)c1cccc(NC(=O)CC2(CC(=O)O)CCCC2)c1. The summed E-state index contributed by atoms with van der Waals surface area (Å²) in [7, 11) is 1.29. The van der Waals surface area contributed by atoms with E-state index in [1.807, 2.05) is 0 Å². The lowest BCUT2D eigenvalue weighted by molar-refractivity contribution is -0.140. The van der Waals surface area contributed by atoms with Crippen LogP contribution in [-0.4, -0.2) is 30.1 Å². The van der Waals surface area contributed by atoms with Crippen molar-refractivity contribution in [2.45, 2.75) is 38.5 Å². The molecule has 0 saturated heterocycles. The fourth-order valence-corrected chi connectivity index (χ4v) is 3.25. The number of anilines is 1. The van der Waals surface area contributed by atoms with E-state index in [9.17, 15) is 14.4 Å². The predicted molar refractivity (Wildman–Crippen MR) is 84.2 cm³/mol. The van der Waals surface area contributed by atoms with Gasteiger partial charge < -0.3 is 15.2 Å². The number of carboxylic acid groups (broad SMARTS) is 1. The highest BCUT2D eigenvalue weighted by molar-refractivity contribution is 5.94. The minimum Gasteiger partial charge on any atom is -0.481 e. The summed E-state index contributed by atoms with van der Waals surface area (Å²) in [6, 6.07) is 6.49. The average Bonchev–Trinajstić information content (AvgIpc) is 2.93. The summed E-state index contributed by atoms with van der Waals surface area (Å²) in [5, 5.41) is 11.8. The molecule has 1 aromatic carbocycles. The first-order chi connectivity index (χ1) is 10.9. The summed E-state index contributed by atoms with van der Waals surface area (Å²) >= 11 is 0. The van der Waals surface area contributed by atoms with Crippen LogP contribution in [0.5, 0.6) is 0 Å². The van der Waals surface area contributed by atoms with Crippen LogP contribution in [0.2, 0.25) is 0 Å². The Balaban J connectivity index is 2.04. The van der Waals surface area contributed by atoms with E-state index < -0.39 is 17.4 Å². The van der Waals surface area contributed by atoms with Crippen molar-refractivity contribution >= 4 is 23.5 Å². The van der Waals surface area contributed by atoms with Crippen molar-refractivity contribution in [3.8, 4) is 0 Å². The number of amides is 1. The second-order valence-electron chi connectivity index (χ2n) is 6.07. The van der Waals surface area contributed by atoms with Gasteiger partial charge in [0.2, 0.25) is 5.91 Å². The third kappa shape index (κ3) is 4.55. The summed E-state index contributed by atoms with van der Waals surface area (Å²) in [6.45, 7) is 0. The molecule has 1 saturated carbocycles. The number of nitrogens with one attached hydrogen (secondary N) is 1. The Morgan fingerprint density at radius 3 is 2.52 bits per heavy atom. The molecule has 0 aliphatic heterocycles. The number of ether oxygens (including phenoxy) is 1. The summed E-state index contributed by atoms with van der Waals surface area (Å²) in [6.07, 6.45) is 3.63. The average molecular weight is 319 g/mol. The standard InChI is InChI=1S/C17H21NO5/c1-23-16(22)12-5-4-6-13(9-12)18-14(19)10-17(11-15(20)21)7-2-3-8-17/h4-6,9H,2-3,7-8,10-11H2,1H3,(H,18,19)(H,20,21). The molecule has 124 valence electrons. The monoisotopic (exact) mass is 319 g/mol. The number of carboxylic acids is 1. The zero-order valence-electron chi connectivity index (χ0n) is 13.1. The van der Waals surface area contributed by atoms with Gasteiger partial charge in [0.15, 0.2) is 0 Å². The Kier molecular flexibility index (Phi) is 5.36. The molecule has 1 aliphatic carbocycles. The van der Waals surface area contributed by atoms with Crippen molar-refractivity contribution in [3.63, 3.8) is 0 Å². The third-order valence-electron chi connectivity index (χ3n) is 4.29. The van der Waals surface area contributed by atoms with Gasteiger partial charge in [-0.3, -0.25) is 9.59 Å². The highest BCUT2D eigenvalue weighted by atomic mass is 16.5. The Morgan fingerprint density at radius 2 is 1.91 bits per heavy atom. The molecule has 0 heterocycles. The Morgan fingerprint density at radius 1 is 1.22 bits per heavy atom. The van der Waals surface area contributed by atoms with Crippen LogP contribution in [0.3, 0.4) is 0 Å². The number of benzene rings is 1. The van der Waals surface area contributed by atoms with Gasteiger partial charge in [0.25, 0.3) is 0 Å². The van der Waals surface area contributed by atoms with Gasteiger partial charge in [-0.1, -0.05) is 18.9 Å². The van der Waals surface area contributed by atoms with E-state index in [2.05, 4.69) is 10.1 Å². The van der Waals surface area contributed by atoms with Gasteiger partial charge in [-0.05, 0) is 36.5 Å². The predicted octanol–water partition coefficient (Wildman–Crippen LogP) is 2.84. The van der Waals surface area contributed by atoms with Crippen LogP contribution in [0.25, 0.3) is 0 Å². The third-order valence-corrected chi connectivity index (χ3v) is 4.29. The maximum atomic E-state index is 12.3. The molecule has 0 atom stereocenters. The van der Waals surface area contributed by atoms with Gasteiger partial charge >= 0.3 is 11.9 Å². The maximum Gasteiger partial charge on any atom is 0.337 e. The fourth-order valence-electron chi connectivity index (χ4n) is 3.25. The number of carbonyl (C=O) groups excluding carboxylic acids is 2. The molecule has 0 radical (unpaired) electrons. The number of esters is 1. The molecular weight excluding hydrogens is 298 g/mol. The zero-order chi connectivity index (χ0) is 16.9. The first kappa shape index (κ1) is 17.0. The second kappa shape index (κ2) is 7.26. The maximum absolute atomic E-state index is 12.3. The first-order valence-corrected chi connectivity index (χ1v) is 7.64. The molecule has 1 aromatic rings. The van der Waals surface area contributed by atoms with Crippen LogP contribution in [-0.2, 0) is 14.3 Å². The lowest BCUT2D eigenvalue weighted by Gasteiger charge is -2.26. The minimum absolute atomic E-state index is 0.0165.